The van der Waals surface area contributed by atoms with Crippen molar-refractivity contribution in [1.82, 2.24) is 15.5 Å². The van der Waals surface area contributed by atoms with E-state index in [9.17, 15) is 4.79 Å². The van der Waals surface area contributed by atoms with Crippen molar-refractivity contribution in [3.05, 3.63) is 0 Å². The summed E-state index contributed by atoms with van der Waals surface area (Å²) in [6, 6.07) is 0.126. The maximum absolute atomic E-state index is 11.6. The highest BCUT2D eigenvalue weighted by Gasteiger charge is 2.18. The number of nitrogens with one attached hydrogen (secondary N) is 2. The maximum Gasteiger partial charge on any atom is 0.237 e. The number of hydrogen-bond donors (Lipinski definition) is 2. The zero-order valence-electron chi connectivity index (χ0n) is 10.8. The molecule has 1 aliphatic heterocycles. The quantitative estimate of drug-likeness (QED) is 0.649. The molecule has 1 saturated heterocycles. The fraction of sp³-hybridized carbons (Fsp3) is 0.769. The second-order valence-corrected chi connectivity index (χ2v) is 4.72. The fourth-order valence-corrected chi connectivity index (χ4v) is 2.20. The Bertz CT molecular complexity index is 279. The van der Waals surface area contributed by atoms with Crippen LogP contribution in [0, 0.1) is 12.3 Å². The van der Waals surface area contributed by atoms with Crippen LogP contribution in [0.2, 0.25) is 0 Å². The number of nitrogens with zero attached hydrogens (tertiary/aromatic N) is 1. The van der Waals surface area contributed by atoms with Crippen molar-refractivity contribution in [3.8, 4) is 12.3 Å². The van der Waals surface area contributed by atoms with Crippen LogP contribution in [0.25, 0.3) is 0 Å². The number of carbonyl (C=O) groups excluding carboxylic acids is 1. The molecule has 4 heteroatoms. The first-order valence-corrected chi connectivity index (χ1v) is 6.33. The third-order valence-electron chi connectivity index (χ3n) is 3.02. The van der Waals surface area contributed by atoms with Gasteiger partial charge in [-0.3, -0.25) is 4.79 Å². The predicted octanol–water partition coefficient (Wildman–Crippen LogP) is 0.198. The lowest BCUT2D eigenvalue weighted by Crippen LogP contribution is -2.49. The van der Waals surface area contributed by atoms with Gasteiger partial charge in [-0.15, -0.1) is 6.42 Å². The van der Waals surface area contributed by atoms with Gasteiger partial charge in [-0.1, -0.05) is 5.92 Å². The molecule has 0 saturated carbocycles. The molecule has 1 fully saturated rings. The highest BCUT2D eigenvalue weighted by atomic mass is 16.2. The number of rotatable bonds is 6. The van der Waals surface area contributed by atoms with E-state index in [0.29, 0.717) is 12.6 Å². The topological polar surface area (TPSA) is 44.4 Å². The summed E-state index contributed by atoms with van der Waals surface area (Å²) >= 11 is 0. The third-order valence-corrected chi connectivity index (χ3v) is 3.02. The van der Waals surface area contributed by atoms with E-state index in [1.54, 1.807) is 0 Å². The third kappa shape index (κ3) is 5.20. The Balaban J connectivity index is 2.22. The minimum Gasteiger partial charge on any atom is -0.344 e. The Labute approximate surface area is 104 Å². The zero-order chi connectivity index (χ0) is 12.7. The van der Waals surface area contributed by atoms with Crippen molar-refractivity contribution in [2.45, 2.75) is 38.8 Å². The van der Waals surface area contributed by atoms with Gasteiger partial charge in [-0.2, -0.15) is 0 Å². The molecule has 0 bridgehead atoms. The van der Waals surface area contributed by atoms with Gasteiger partial charge in [0.2, 0.25) is 5.91 Å². The minimum absolute atomic E-state index is 0.0313. The van der Waals surface area contributed by atoms with E-state index < -0.39 is 0 Å². The van der Waals surface area contributed by atoms with Gasteiger partial charge in [-0.05, 0) is 39.8 Å². The Hall–Kier alpha value is -1.05. The van der Waals surface area contributed by atoms with Gasteiger partial charge in [0, 0.05) is 12.6 Å². The normalized spacial score (nSPS) is 19.6. The van der Waals surface area contributed by atoms with Gasteiger partial charge in [0.1, 0.15) is 0 Å². The molecular formula is C13H23N3O. The van der Waals surface area contributed by atoms with Crippen LogP contribution >= 0.6 is 0 Å². The summed E-state index contributed by atoms with van der Waals surface area (Å²) in [6.07, 6.45) is 7.69. The van der Waals surface area contributed by atoms with Crippen molar-refractivity contribution in [2.75, 3.05) is 26.2 Å². The monoisotopic (exact) mass is 237 g/mol. The Morgan fingerprint density at radius 2 is 2.06 bits per heavy atom. The predicted molar refractivity (Wildman–Crippen MR) is 69.6 cm³/mol. The van der Waals surface area contributed by atoms with Gasteiger partial charge in [-0.25, -0.2) is 0 Å². The molecular weight excluding hydrogens is 214 g/mol. The fourth-order valence-electron chi connectivity index (χ4n) is 2.20. The molecule has 0 aromatic carbocycles. The Morgan fingerprint density at radius 3 is 2.65 bits per heavy atom. The van der Waals surface area contributed by atoms with Crippen LogP contribution in [0.1, 0.15) is 26.7 Å². The van der Waals surface area contributed by atoms with Crippen LogP contribution in [0.3, 0.4) is 0 Å². The summed E-state index contributed by atoms with van der Waals surface area (Å²) in [7, 11) is 0. The van der Waals surface area contributed by atoms with Crippen molar-refractivity contribution in [2.24, 2.45) is 0 Å². The van der Waals surface area contributed by atoms with E-state index >= 15 is 0 Å². The zero-order valence-corrected chi connectivity index (χ0v) is 10.8. The smallest absolute Gasteiger partial charge is 0.237 e. The lowest BCUT2D eigenvalue weighted by Gasteiger charge is -2.24. The molecule has 2 N–H and O–H groups in total. The second-order valence-electron chi connectivity index (χ2n) is 4.72. The van der Waals surface area contributed by atoms with Crippen molar-refractivity contribution >= 4 is 5.91 Å². The summed E-state index contributed by atoms with van der Waals surface area (Å²) in [6.45, 7) is 7.65. The lowest BCUT2D eigenvalue weighted by atomic mass is 10.2. The van der Waals surface area contributed by atoms with Crippen LogP contribution < -0.4 is 10.6 Å². The molecule has 1 amide bonds. The van der Waals surface area contributed by atoms with Crippen LogP contribution in [0.15, 0.2) is 0 Å². The number of amides is 1. The van der Waals surface area contributed by atoms with Gasteiger partial charge in [0.15, 0.2) is 0 Å². The van der Waals surface area contributed by atoms with Crippen molar-refractivity contribution in [1.29, 1.82) is 0 Å². The average Bonchev–Trinajstić information content (AvgIpc) is 2.78. The van der Waals surface area contributed by atoms with E-state index in [1.165, 1.54) is 25.9 Å². The standard InChI is InChI=1S/C13H23N3O/c1-4-7-14-13(17)12(3)15-11(2)10-16-8-5-6-9-16/h1,11-12,15H,5-10H2,2-3H3,(H,14,17). The molecule has 0 aromatic rings. The van der Waals surface area contributed by atoms with E-state index in [-0.39, 0.29) is 11.9 Å². The first-order chi connectivity index (χ1) is 8.13. The van der Waals surface area contributed by atoms with Crippen LogP contribution in [0.4, 0.5) is 0 Å². The summed E-state index contributed by atoms with van der Waals surface area (Å²) in [5.41, 5.74) is 0. The molecule has 4 nitrogen and oxygen atoms in total. The molecule has 0 aliphatic carbocycles. The number of likely N-dealkylation sites (tertiary alicyclic amines) is 1. The minimum atomic E-state index is -0.194. The Morgan fingerprint density at radius 1 is 1.41 bits per heavy atom. The van der Waals surface area contributed by atoms with Crippen LogP contribution in [-0.4, -0.2) is 49.1 Å². The van der Waals surface area contributed by atoms with E-state index in [1.807, 2.05) is 6.92 Å². The van der Waals surface area contributed by atoms with Crippen molar-refractivity contribution in [3.63, 3.8) is 0 Å². The van der Waals surface area contributed by atoms with Gasteiger partial charge >= 0.3 is 0 Å². The highest BCUT2D eigenvalue weighted by molar-refractivity contribution is 5.81. The number of hydrogen-bond acceptors (Lipinski definition) is 3. The molecule has 2 atom stereocenters. The summed E-state index contributed by atoms with van der Waals surface area (Å²) in [5, 5.41) is 5.97. The molecule has 1 heterocycles. The average molecular weight is 237 g/mol. The largest absolute Gasteiger partial charge is 0.344 e. The lowest BCUT2D eigenvalue weighted by molar-refractivity contribution is -0.122. The molecule has 96 valence electrons. The molecule has 0 aromatic heterocycles. The highest BCUT2D eigenvalue weighted by Crippen LogP contribution is 2.07. The SMILES string of the molecule is C#CCNC(=O)C(C)NC(C)CN1CCCC1. The molecule has 1 aliphatic rings. The van der Waals surface area contributed by atoms with Gasteiger partial charge in [0.05, 0.1) is 12.6 Å². The molecule has 1 rings (SSSR count). The summed E-state index contributed by atoms with van der Waals surface area (Å²) in [4.78, 5) is 14.0. The molecule has 17 heavy (non-hydrogen) atoms. The van der Waals surface area contributed by atoms with Gasteiger partial charge < -0.3 is 15.5 Å². The molecule has 0 spiro atoms. The summed E-state index contributed by atoms with van der Waals surface area (Å²) < 4.78 is 0. The molecule has 0 radical (unpaired) electrons. The van der Waals surface area contributed by atoms with Gasteiger partial charge in [0.25, 0.3) is 0 Å². The summed E-state index contributed by atoms with van der Waals surface area (Å²) in [5.74, 6) is 2.37. The van der Waals surface area contributed by atoms with Crippen molar-refractivity contribution < 1.29 is 4.79 Å². The number of terminal acetylenes is 1. The number of carbonyl (C=O) groups is 1. The second kappa shape index (κ2) is 7.31. The van der Waals surface area contributed by atoms with E-state index in [4.69, 9.17) is 6.42 Å². The van der Waals surface area contributed by atoms with E-state index in [2.05, 4.69) is 28.4 Å². The maximum atomic E-state index is 11.6. The molecule has 2 unspecified atom stereocenters. The van der Waals surface area contributed by atoms with Crippen LogP contribution in [0.5, 0.6) is 0 Å². The first kappa shape index (κ1) is 14.0. The van der Waals surface area contributed by atoms with E-state index in [0.717, 1.165) is 6.54 Å². The van der Waals surface area contributed by atoms with Crippen LogP contribution in [-0.2, 0) is 4.79 Å². The Kier molecular flexibility index (Phi) is 6.03. The first-order valence-electron chi connectivity index (χ1n) is 6.33.